The summed E-state index contributed by atoms with van der Waals surface area (Å²) in [5.41, 5.74) is 0.482. The second-order valence-electron chi connectivity index (χ2n) is 2.14. The monoisotopic (exact) mass is 169 g/mol. The molecule has 1 N–H and O–H groups in total. The topological polar surface area (TPSA) is 41.8 Å². The predicted molar refractivity (Wildman–Crippen MR) is 42.3 cm³/mol. The van der Waals surface area contributed by atoms with Crippen LogP contribution in [0.1, 0.15) is 5.56 Å². The van der Waals surface area contributed by atoms with Crippen molar-refractivity contribution in [1.82, 2.24) is 0 Å². The first-order valence-electron chi connectivity index (χ1n) is 3.29. The van der Waals surface area contributed by atoms with Gasteiger partial charge in [-0.3, -0.25) is 0 Å². The van der Waals surface area contributed by atoms with Crippen LogP contribution in [0.4, 0.5) is 4.39 Å². The zero-order valence-electron chi connectivity index (χ0n) is 6.49. The van der Waals surface area contributed by atoms with Crippen LogP contribution in [0.3, 0.4) is 0 Å². The van der Waals surface area contributed by atoms with E-state index in [1.807, 2.05) is 0 Å². The molecule has 4 heteroatoms. The average Bonchev–Trinajstić information content (AvgIpc) is 2.05. The van der Waals surface area contributed by atoms with Gasteiger partial charge in [-0.25, -0.2) is 4.39 Å². The number of methoxy groups -OCH3 is 1. The van der Waals surface area contributed by atoms with Gasteiger partial charge in [0, 0.05) is 0 Å². The first-order chi connectivity index (χ1) is 5.77. The zero-order chi connectivity index (χ0) is 8.97. The summed E-state index contributed by atoms with van der Waals surface area (Å²) in [6.45, 7) is 0. The van der Waals surface area contributed by atoms with Crippen LogP contribution in [0.2, 0.25) is 0 Å². The minimum absolute atomic E-state index is 0.171. The van der Waals surface area contributed by atoms with Gasteiger partial charge in [0.2, 0.25) is 0 Å². The average molecular weight is 169 g/mol. The quantitative estimate of drug-likeness (QED) is 0.415. The molecule has 0 aliphatic heterocycles. The smallest absolute Gasteiger partial charge is 0.165 e. The van der Waals surface area contributed by atoms with E-state index in [0.29, 0.717) is 5.56 Å². The van der Waals surface area contributed by atoms with E-state index in [1.54, 1.807) is 6.07 Å². The fraction of sp³-hybridized carbons (Fsp3) is 0.125. The number of halogens is 1. The van der Waals surface area contributed by atoms with Crippen molar-refractivity contribution < 1.29 is 14.3 Å². The largest absolute Gasteiger partial charge is 0.494 e. The molecule has 0 aliphatic carbocycles. The predicted octanol–water partition coefficient (Wildman–Crippen LogP) is 1.64. The van der Waals surface area contributed by atoms with Crippen LogP contribution >= 0.6 is 0 Å². The summed E-state index contributed by atoms with van der Waals surface area (Å²) >= 11 is 0. The van der Waals surface area contributed by atoms with Crippen LogP contribution in [-0.4, -0.2) is 18.5 Å². The molecule has 0 saturated carbocycles. The lowest BCUT2D eigenvalue weighted by molar-refractivity contribution is 0.322. The van der Waals surface area contributed by atoms with Crippen LogP contribution in [0.5, 0.6) is 5.75 Å². The molecule has 0 aliphatic rings. The highest BCUT2D eigenvalue weighted by Gasteiger charge is 2.01. The second-order valence-corrected chi connectivity index (χ2v) is 2.14. The van der Waals surface area contributed by atoms with Crippen molar-refractivity contribution >= 4 is 6.21 Å². The molecule has 0 fully saturated rings. The Morgan fingerprint density at radius 2 is 2.33 bits per heavy atom. The van der Waals surface area contributed by atoms with E-state index < -0.39 is 5.82 Å². The first-order valence-corrected chi connectivity index (χ1v) is 3.29. The molecule has 0 bridgehead atoms. The van der Waals surface area contributed by atoms with Gasteiger partial charge in [-0.05, 0) is 23.8 Å². The Hall–Kier alpha value is -1.58. The zero-order valence-corrected chi connectivity index (χ0v) is 6.49. The van der Waals surface area contributed by atoms with Crippen molar-refractivity contribution in [3.63, 3.8) is 0 Å². The van der Waals surface area contributed by atoms with E-state index in [9.17, 15) is 4.39 Å². The van der Waals surface area contributed by atoms with Gasteiger partial charge in [-0.1, -0.05) is 5.16 Å². The summed E-state index contributed by atoms with van der Waals surface area (Å²) in [6, 6.07) is 4.27. The molecule has 1 aromatic carbocycles. The summed E-state index contributed by atoms with van der Waals surface area (Å²) in [5, 5.41) is 10.9. The van der Waals surface area contributed by atoms with Crippen molar-refractivity contribution in [1.29, 1.82) is 0 Å². The standard InChI is InChI=1S/C8H8FNO2/c1-12-8-3-2-6(5-10-11)4-7(8)9/h2-5,11H,1H3/b10-5+. The van der Waals surface area contributed by atoms with Crippen LogP contribution in [-0.2, 0) is 0 Å². The van der Waals surface area contributed by atoms with Crippen LogP contribution in [0.15, 0.2) is 23.4 Å². The summed E-state index contributed by atoms with van der Waals surface area (Å²) in [6.07, 6.45) is 1.14. The molecule has 0 heterocycles. The Balaban J connectivity index is 3.01. The van der Waals surface area contributed by atoms with Crippen LogP contribution in [0, 0.1) is 5.82 Å². The van der Waals surface area contributed by atoms with Crippen molar-refractivity contribution in [3.05, 3.63) is 29.6 Å². The fourth-order valence-electron chi connectivity index (χ4n) is 0.830. The maximum absolute atomic E-state index is 12.9. The number of nitrogens with zero attached hydrogens (tertiary/aromatic N) is 1. The molecule has 1 aromatic rings. The molecular formula is C8H8FNO2. The SMILES string of the molecule is COc1ccc(/C=N/O)cc1F. The van der Waals surface area contributed by atoms with Gasteiger partial charge in [0.15, 0.2) is 11.6 Å². The molecular weight excluding hydrogens is 161 g/mol. The Bertz CT molecular complexity index is 299. The van der Waals surface area contributed by atoms with E-state index in [4.69, 9.17) is 9.94 Å². The molecule has 12 heavy (non-hydrogen) atoms. The maximum atomic E-state index is 12.9. The van der Waals surface area contributed by atoms with Crippen molar-refractivity contribution in [3.8, 4) is 5.75 Å². The molecule has 0 saturated heterocycles. The summed E-state index contributed by atoms with van der Waals surface area (Å²) < 4.78 is 17.6. The number of ether oxygens (including phenoxy) is 1. The third kappa shape index (κ3) is 1.72. The Morgan fingerprint density at radius 1 is 1.58 bits per heavy atom. The van der Waals surface area contributed by atoms with Gasteiger partial charge in [0.05, 0.1) is 13.3 Å². The minimum atomic E-state index is -0.477. The van der Waals surface area contributed by atoms with Gasteiger partial charge < -0.3 is 9.94 Å². The van der Waals surface area contributed by atoms with E-state index in [1.165, 1.54) is 19.2 Å². The normalized spacial score (nSPS) is 10.5. The lowest BCUT2D eigenvalue weighted by Crippen LogP contribution is -1.89. The molecule has 0 aromatic heterocycles. The second kappa shape index (κ2) is 3.71. The highest BCUT2D eigenvalue weighted by atomic mass is 19.1. The highest BCUT2D eigenvalue weighted by Crippen LogP contribution is 2.16. The van der Waals surface area contributed by atoms with E-state index in [0.717, 1.165) is 6.21 Å². The van der Waals surface area contributed by atoms with Crippen molar-refractivity contribution in [2.45, 2.75) is 0 Å². The lowest BCUT2D eigenvalue weighted by Gasteiger charge is -2.00. The first kappa shape index (κ1) is 8.52. The summed E-state index contributed by atoms with van der Waals surface area (Å²) in [7, 11) is 1.39. The number of hydrogen-bond donors (Lipinski definition) is 1. The molecule has 0 spiro atoms. The molecule has 3 nitrogen and oxygen atoms in total. The number of hydrogen-bond acceptors (Lipinski definition) is 3. The van der Waals surface area contributed by atoms with Crippen molar-refractivity contribution in [2.75, 3.05) is 7.11 Å². The maximum Gasteiger partial charge on any atom is 0.165 e. The van der Waals surface area contributed by atoms with Gasteiger partial charge in [-0.2, -0.15) is 0 Å². The minimum Gasteiger partial charge on any atom is -0.494 e. The summed E-state index contributed by atoms with van der Waals surface area (Å²) in [4.78, 5) is 0. The third-order valence-corrected chi connectivity index (χ3v) is 1.38. The number of oxime groups is 1. The Labute approximate surface area is 69.1 Å². The van der Waals surface area contributed by atoms with Crippen molar-refractivity contribution in [2.24, 2.45) is 5.16 Å². The highest BCUT2D eigenvalue weighted by molar-refractivity contribution is 5.79. The van der Waals surface area contributed by atoms with E-state index >= 15 is 0 Å². The molecule has 1 rings (SSSR count). The molecule has 0 amide bonds. The molecule has 0 atom stereocenters. The van der Waals surface area contributed by atoms with Crippen LogP contribution < -0.4 is 4.74 Å². The Morgan fingerprint density at radius 3 is 2.83 bits per heavy atom. The molecule has 0 radical (unpaired) electrons. The summed E-state index contributed by atoms with van der Waals surface area (Å²) in [5.74, 6) is -0.306. The van der Waals surface area contributed by atoms with Crippen LogP contribution in [0.25, 0.3) is 0 Å². The number of rotatable bonds is 2. The third-order valence-electron chi connectivity index (χ3n) is 1.38. The molecule has 0 unspecified atom stereocenters. The van der Waals surface area contributed by atoms with E-state index in [-0.39, 0.29) is 5.75 Å². The molecule has 64 valence electrons. The van der Waals surface area contributed by atoms with E-state index in [2.05, 4.69) is 5.16 Å². The Kier molecular flexibility index (Phi) is 2.63. The lowest BCUT2D eigenvalue weighted by atomic mass is 10.2. The van der Waals surface area contributed by atoms with Gasteiger partial charge in [0.25, 0.3) is 0 Å². The number of benzene rings is 1. The fourth-order valence-corrected chi connectivity index (χ4v) is 0.830. The van der Waals surface area contributed by atoms with Gasteiger partial charge in [0.1, 0.15) is 0 Å². The van der Waals surface area contributed by atoms with Gasteiger partial charge in [-0.15, -0.1) is 0 Å². The van der Waals surface area contributed by atoms with Gasteiger partial charge >= 0.3 is 0 Å².